The van der Waals surface area contributed by atoms with Gasteiger partial charge in [-0.25, -0.2) is 0 Å². The fourth-order valence-corrected chi connectivity index (χ4v) is 1.66. The number of anilines is 1. The molecule has 1 rings (SSSR count). The number of nitrogens with two attached hydrogens (primary N) is 1. The Kier molecular flexibility index (Phi) is 4.68. The largest absolute Gasteiger partial charge is 0.320 e. The van der Waals surface area contributed by atoms with Gasteiger partial charge in [-0.3, -0.25) is 4.79 Å². The van der Waals surface area contributed by atoms with Gasteiger partial charge >= 0.3 is 0 Å². The van der Waals surface area contributed by atoms with Crippen LogP contribution in [0.15, 0.2) is 24.3 Å². The number of hydrogen-bond acceptors (Lipinski definition) is 3. The van der Waals surface area contributed by atoms with E-state index in [-0.39, 0.29) is 5.91 Å². The zero-order valence-electron chi connectivity index (χ0n) is 10.2. The third-order valence-corrected chi connectivity index (χ3v) is 2.63. The lowest BCUT2D eigenvalue weighted by atomic mass is 10.1. The van der Waals surface area contributed by atoms with Crippen LogP contribution in [0.4, 0.5) is 5.69 Å². The van der Waals surface area contributed by atoms with Crippen LogP contribution < -0.4 is 10.6 Å². The van der Waals surface area contributed by atoms with Gasteiger partial charge in [0.15, 0.2) is 0 Å². The number of hydrogen-bond donors (Lipinski definition) is 1. The van der Waals surface area contributed by atoms with E-state index in [1.165, 1.54) is 4.90 Å². The summed E-state index contributed by atoms with van der Waals surface area (Å²) in [6, 6.07) is 8.56. The van der Waals surface area contributed by atoms with Crippen molar-refractivity contribution in [1.82, 2.24) is 0 Å². The van der Waals surface area contributed by atoms with Crippen LogP contribution in [0.3, 0.4) is 0 Å². The number of carbonyl (C=O) groups is 1. The quantitative estimate of drug-likeness (QED) is 0.856. The van der Waals surface area contributed by atoms with E-state index in [0.717, 1.165) is 6.42 Å². The molecule has 1 aromatic carbocycles. The van der Waals surface area contributed by atoms with Gasteiger partial charge in [0.1, 0.15) is 6.07 Å². The zero-order valence-corrected chi connectivity index (χ0v) is 10.2. The Labute approximate surface area is 102 Å². The van der Waals surface area contributed by atoms with Crippen molar-refractivity contribution in [2.45, 2.75) is 25.8 Å². The predicted molar refractivity (Wildman–Crippen MR) is 67.5 cm³/mol. The number of benzene rings is 1. The molecular weight excluding hydrogens is 214 g/mol. The number of para-hydroxylation sites is 1. The monoisotopic (exact) mass is 231 g/mol. The van der Waals surface area contributed by atoms with Crippen molar-refractivity contribution >= 4 is 11.6 Å². The van der Waals surface area contributed by atoms with Crippen LogP contribution in [0.1, 0.15) is 25.3 Å². The maximum absolute atomic E-state index is 12.0. The fraction of sp³-hybridized carbons (Fsp3) is 0.385. The van der Waals surface area contributed by atoms with Gasteiger partial charge in [0.25, 0.3) is 0 Å². The lowest BCUT2D eigenvalue weighted by molar-refractivity contribution is -0.119. The molecule has 90 valence electrons. The van der Waals surface area contributed by atoms with Crippen molar-refractivity contribution in [3.8, 4) is 6.07 Å². The second kappa shape index (κ2) is 6.02. The highest BCUT2D eigenvalue weighted by Gasteiger charge is 2.19. The molecule has 0 aromatic heterocycles. The van der Waals surface area contributed by atoms with Gasteiger partial charge < -0.3 is 10.6 Å². The van der Waals surface area contributed by atoms with Crippen LogP contribution in [-0.4, -0.2) is 19.0 Å². The molecule has 2 N–H and O–H groups in total. The molecule has 0 saturated carbocycles. The van der Waals surface area contributed by atoms with E-state index < -0.39 is 6.04 Å². The van der Waals surface area contributed by atoms with E-state index in [2.05, 4.69) is 6.07 Å². The summed E-state index contributed by atoms with van der Waals surface area (Å²) in [6.07, 6.45) is 1.51. The maximum Gasteiger partial charge on any atom is 0.243 e. The van der Waals surface area contributed by atoms with E-state index in [1.54, 1.807) is 31.3 Å². The van der Waals surface area contributed by atoms with Gasteiger partial charge in [-0.2, -0.15) is 5.26 Å². The second-order valence-electron chi connectivity index (χ2n) is 3.92. The summed E-state index contributed by atoms with van der Waals surface area (Å²) in [4.78, 5) is 13.5. The van der Waals surface area contributed by atoms with Crippen molar-refractivity contribution < 1.29 is 4.79 Å². The molecule has 0 heterocycles. The lowest BCUT2D eigenvalue weighted by Gasteiger charge is -2.22. The molecule has 0 aliphatic carbocycles. The van der Waals surface area contributed by atoms with Crippen LogP contribution in [0.5, 0.6) is 0 Å². The Bertz CT molecular complexity index is 437. The minimum atomic E-state index is -0.503. The van der Waals surface area contributed by atoms with Crippen molar-refractivity contribution in [2.75, 3.05) is 11.9 Å². The summed E-state index contributed by atoms with van der Waals surface area (Å²) in [5.74, 6) is -0.158. The van der Waals surface area contributed by atoms with Crippen LogP contribution >= 0.6 is 0 Å². The van der Waals surface area contributed by atoms with Crippen molar-refractivity contribution in [3.05, 3.63) is 29.8 Å². The summed E-state index contributed by atoms with van der Waals surface area (Å²) in [6.45, 7) is 1.98. The highest BCUT2D eigenvalue weighted by molar-refractivity contribution is 5.97. The van der Waals surface area contributed by atoms with Crippen LogP contribution in [0.25, 0.3) is 0 Å². The van der Waals surface area contributed by atoms with Crippen LogP contribution in [-0.2, 0) is 4.79 Å². The predicted octanol–water partition coefficient (Wildman–Crippen LogP) is 1.65. The molecule has 0 aliphatic heterocycles. The van der Waals surface area contributed by atoms with Gasteiger partial charge in [-0.05, 0) is 18.6 Å². The molecule has 17 heavy (non-hydrogen) atoms. The molecule has 1 amide bonds. The number of nitriles is 1. The second-order valence-corrected chi connectivity index (χ2v) is 3.92. The average molecular weight is 231 g/mol. The Morgan fingerprint density at radius 1 is 1.53 bits per heavy atom. The van der Waals surface area contributed by atoms with E-state index in [4.69, 9.17) is 11.0 Å². The first-order chi connectivity index (χ1) is 8.11. The van der Waals surface area contributed by atoms with Crippen LogP contribution in [0.2, 0.25) is 0 Å². The fourth-order valence-electron chi connectivity index (χ4n) is 1.66. The van der Waals surface area contributed by atoms with E-state index in [9.17, 15) is 4.79 Å². The molecule has 0 spiro atoms. The Hall–Kier alpha value is -1.86. The van der Waals surface area contributed by atoms with E-state index in [1.807, 2.05) is 6.92 Å². The smallest absolute Gasteiger partial charge is 0.243 e. The normalized spacial score (nSPS) is 11.6. The molecule has 0 radical (unpaired) electrons. The highest BCUT2D eigenvalue weighted by Crippen LogP contribution is 2.19. The SMILES string of the molecule is CCC[C@H](N)C(=O)N(C)c1ccccc1C#N. The number of rotatable bonds is 4. The molecule has 0 unspecified atom stereocenters. The van der Waals surface area contributed by atoms with E-state index in [0.29, 0.717) is 17.7 Å². The molecule has 0 fully saturated rings. The summed E-state index contributed by atoms with van der Waals surface area (Å²) in [5, 5.41) is 8.97. The number of likely N-dealkylation sites (N-methyl/N-ethyl adjacent to an activating group) is 1. The van der Waals surface area contributed by atoms with Gasteiger partial charge in [-0.1, -0.05) is 25.5 Å². The summed E-state index contributed by atoms with van der Waals surface area (Å²) < 4.78 is 0. The average Bonchev–Trinajstić information content (AvgIpc) is 2.37. The first-order valence-electron chi connectivity index (χ1n) is 5.64. The lowest BCUT2D eigenvalue weighted by Crippen LogP contribution is -2.42. The highest BCUT2D eigenvalue weighted by atomic mass is 16.2. The Morgan fingerprint density at radius 3 is 2.76 bits per heavy atom. The topological polar surface area (TPSA) is 70.1 Å². The first-order valence-corrected chi connectivity index (χ1v) is 5.64. The first kappa shape index (κ1) is 13.2. The van der Waals surface area contributed by atoms with Crippen LogP contribution in [0, 0.1) is 11.3 Å². The molecular formula is C13H17N3O. The van der Waals surface area contributed by atoms with Gasteiger partial charge in [0, 0.05) is 7.05 Å². The number of carbonyl (C=O) groups excluding carboxylic acids is 1. The molecule has 4 heteroatoms. The zero-order chi connectivity index (χ0) is 12.8. The van der Waals surface area contributed by atoms with Gasteiger partial charge in [-0.15, -0.1) is 0 Å². The van der Waals surface area contributed by atoms with E-state index >= 15 is 0 Å². The third-order valence-electron chi connectivity index (χ3n) is 2.63. The molecule has 0 aliphatic rings. The molecule has 0 saturated heterocycles. The van der Waals surface area contributed by atoms with Crippen molar-refractivity contribution in [3.63, 3.8) is 0 Å². The van der Waals surface area contributed by atoms with Crippen molar-refractivity contribution in [1.29, 1.82) is 5.26 Å². The molecule has 4 nitrogen and oxygen atoms in total. The third kappa shape index (κ3) is 3.05. The number of nitrogens with zero attached hydrogens (tertiary/aromatic N) is 2. The summed E-state index contributed by atoms with van der Waals surface area (Å²) in [5.41, 5.74) is 6.87. The maximum atomic E-state index is 12.0. The summed E-state index contributed by atoms with van der Waals surface area (Å²) >= 11 is 0. The van der Waals surface area contributed by atoms with Crippen molar-refractivity contribution in [2.24, 2.45) is 5.73 Å². The van der Waals surface area contributed by atoms with Gasteiger partial charge in [0.05, 0.1) is 17.3 Å². The Morgan fingerprint density at radius 2 is 2.18 bits per heavy atom. The molecule has 1 atom stereocenters. The standard InChI is InChI=1S/C13H17N3O/c1-3-6-11(15)13(17)16(2)12-8-5-4-7-10(12)9-14/h4-5,7-8,11H,3,6,15H2,1-2H3/t11-/m0/s1. The molecule has 1 aromatic rings. The summed E-state index contributed by atoms with van der Waals surface area (Å²) in [7, 11) is 1.65. The number of amides is 1. The van der Waals surface area contributed by atoms with Gasteiger partial charge in [0.2, 0.25) is 5.91 Å². The minimum Gasteiger partial charge on any atom is -0.320 e. The molecule has 0 bridgehead atoms. The minimum absolute atomic E-state index is 0.158. The Balaban J connectivity index is 2.93.